The molecule has 3 N–H and O–H groups in total. The van der Waals surface area contributed by atoms with Crippen LogP contribution in [0.5, 0.6) is 0 Å². The molecule has 5 atom stereocenters. The average Bonchev–Trinajstić information content (AvgIpc) is 3.33. The molecule has 3 aliphatic rings. The van der Waals surface area contributed by atoms with Crippen molar-refractivity contribution in [1.29, 1.82) is 0 Å². The fourth-order valence-electron chi connectivity index (χ4n) is 4.84. The second kappa shape index (κ2) is 12.9. The van der Waals surface area contributed by atoms with E-state index >= 15 is 0 Å². The van der Waals surface area contributed by atoms with Gasteiger partial charge in [0.15, 0.2) is 6.10 Å². The lowest BCUT2D eigenvalue weighted by molar-refractivity contribution is -0.143. The second-order valence-corrected chi connectivity index (χ2v) is 11.6. The van der Waals surface area contributed by atoms with Crippen LogP contribution in [0.1, 0.15) is 70.5 Å². The Hall–Kier alpha value is -2.66. The van der Waals surface area contributed by atoms with Crippen molar-refractivity contribution in [2.24, 2.45) is 5.41 Å². The third-order valence-corrected chi connectivity index (χ3v) is 7.10. The van der Waals surface area contributed by atoms with Crippen LogP contribution in [0.15, 0.2) is 12.2 Å². The van der Waals surface area contributed by atoms with Gasteiger partial charge in [-0.1, -0.05) is 46.3 Å². The van der Waals surface area contributed by atoms with Crippen LogP contribution in [-0.4, -0.2) is 92.0 Å². The zero-order valence-corrected chi connectivity index (χ0v) is 23.3. The van der Waals surface area contributed by atoms with Crippen LogP contribution in [0.2, 0.25) is 0 Å². The molecule has 2 saturated heterocycles. The van der Waals surface area contributed by atoms with Crippen LogP contribution in [-0.2, 0) is 28.6 Å². The number of likely N-dealkylation sites (tertiary alicyclic amines) is 1. The highest BCUT2D eigenvalue weighted by Crippen LogP contribution is 2.28. The fourth-order valence-corrected chi connectivity index (χ4v) is 4.84. The first kappa shape index (κ1) is 29.9. The van der Waals surface area contributed by atoms with Gasteiger partial charge in [-0.25, -0.2) is 4.79 Å². The molecule has 2 aliphatic heterocycles. The van der Waals surface area contributed by atoms with E-state index in [4.69, 9.17) is 14.2 Å². The summed E-state index contributed by atoms with van der Waals surface area (Å²) in [4.78, 5) is 54.2. The van der Waals surface area contributed by atoms with Crippen molar-refractivity contribution < 1.29 is 37.7 Å². The molecule has 220 valence electrons. The molecule has 4 amide bonds. The van der Waals surface area contributed by atoms with Gasteiger partial charge < -0.3 is 35.1 Å². The van der Waals surface area contributed by atoms with Gasteiger partial charge in [-0.15, -0.1) is 0 Å². The molecule has 11 nitrogen and oxygen atoms in total. The maximum atomic E-state index is 13.8. The number of methoxy groups -OCH3 is 1. The summed E-state index contributed by atoms with van der Waals surface area (Å²) in [5.74, 6) is -1.02. The predicted molar refractivity (Wildman–Crippen MR) is 146 cm³/mol. The number of carbonyl (C=O) groups is 4. The Morgan fingerprint density at radius 1 is 1.18 bits per heavy atom. The Morgan fingerprint density at radius 2 is 1.89 bits per heavy atom. The summed E-state index contributed by atoms with van der Waals surface area (Å²) in [7, 11) is 1.45. The molecule has 1 saturated carbocycles. The van der Waals surface area contributed by atoms with Gasteiger partial charge in [0, 0.05) is 30.4 Å². The monoisotopic (exact) mass is 542 g/mol. The quantitative estimate of drug-likeness (QED) is 0.341. The second-order valence-electron chi connectivity index (χ2n) is 11.6. The first-order valence-electron chi connectivity index (χ1n) is 13.6. The first-order chi connectivity index (χ1) is 17.9. The molecule has 0 aromatic heterocycles. The Labute approximate surface area is 229 Å². The topological polar surface area (TPSA) is 135 Å². The van der Waals surface area contributed by atoms with Crippen molar-refractivity contribution in [3.63, 3.8) is 0 Å². The summed E-state index contributed by atoms with van der Waals surface area (Å²) in [5.41, 5.74) is 0.0821. The third-order valence-electron chi connectivity index (χ3n) is 7.10. The number of nitrogens with zero attached hydrogens (tertiary/aromatic N) is 1. The van der Waals surface area contributed by atoms with E-state index in [0.29, 0.717) is 32.5 Å². The number of nitrogens with one attached hydrogen (secondary N) is 3. The van der Waals surface area contributed by atoms with Crippen molar-refractivity contribution >= 4 is 23.8 Å². The minimum Gasteiger partial charge on any atom is -0.444 e. The lowest BCUT2D eigenvalue weighted by Gasteiger charge is -2.35. The van der Waals surface area contributed by atoms with Gasteiger partial charge in [0.1, 0.15) is 18.2 Å². The van der Waals surface area contributed by atoms with E-state index < -0.39 is 41.6 Å². The number of alkyl carbamates (subject to hydrolysis) is 1. The number of amides is 4. The zero-order chi connectivity index (χ0) is 28.0. The molecule has 0 spiro atoms. The average molecular weight is 543 g/mol. The molecule has 3 rings (SSSR count). The van der Waals surface area contributed by atoms with Gasteiger partial charge >= 0.3 is 6.09 Å². The van der Waals surface area contributed by atoms with E-state index in [0.717, 1.165) is 24.8 Å². The Bertz CT molecular complexity index is 908. The maximum Gasteiger partial charge on any atom is 0.408 e. The Morgan fingerprint density at radius 3 is 2.45 bits per heavy atom. The van der Waals surface area contributed by atoms with Crippen molar-refractivity contribution in [2.75, 3.05) is 26.9 Å². The fraction of sp³-hybridized carbons (Fsp3) is 0.778. The van der Waals surface area contributed by atoms with E-state index in [1.807, 2.05) is 27.7 Å². The van der Waals surface area contributed by atoms with E-state index in [2.05, 4.69) is 22.5 Å². The summed E-state index contributed by atoms with van der Waals surface area (Å²) in [6.07, 6.45) is 2.17. The molecule has 38 heavy (non-hydrogen) atoms. The molecule has 3 fully saturated rings. The van der Waals surface area contributed by atoms with Crippen LogP contribution in [0.4, 0.5) is 4.79 Å². The standard InChI is InChI=1S/C27H44N4O7.3H2/c1-7-8-19(21(36-6)24(33)28-17-9-10-17)29-23(32)20-13-16(2)14-31(20)25(34)22(27(3,4)5)30-26(35)38-18-11-12-37-15-18;;;/h17-22H,2,7-15H2,1,3-6H3,(H,28,33)(H,29,32)(H,30,35);3*1H/t18-,19-,20-,21?,22+;;;/m0.../s1. The highest BCUT2D eigenvalue weighted by Gasteiger charge is 2.44. The van der Waals surface area contributed by atoms with Crippen molar-refractivity contribution in [3.8, 4) is 0 Å². The van der Waals surface area contributed by atoms with Crippen LogP contribution in [0.25, 0.3) is 0 Å². The van der Waals surface area contributed by atoms with Crippen LogP contribution in [0, 0.1) is 5.41 Å². The third kappa shape index (κ3) is 7.92. The summed E-state index contributed by atoms with van der Waals surface area (Å²) >= 11 is 0. The van der Waals surface area contributed by atoms with E-state index in [9.17, 15) is 19.2 Å². The highest BCUT2D eigenvalue weighted by molar-refractivity contribution is 5.93. The molecule has 1 aliphatic carbocycles. The lowest BCUT2D eigenvalue weighted by atomic mass is 9.85. The molecular formula is C27H50N4O7. The van der Waals surface area contributed by atoms with E-state index in [1.54, 1.807) is 0 Å². The van der Waals surface area contributed by atoms with E-state index in [-0.39, 0.29) is 34.8 Å². The minimum absolute atomic E-state index is 0. The predicted octanol–water partition coefficient (Wildman–Crippen LogP) is 2.39. The summed E-state index contributed by atoms with van der Waals surface area (Å²) in [6.45, 7) is 12.6. The van der Waals surface area contributed by atoms with Crippen LogP contribution >= 0.6 is 0 Å². The molecule has 2 heterocycles. The van der Waals surface area contributed by atoms with Crippen LogP contribution in [0.3, 0.4) is 0 Å². The highest BCUT2D eigenvalue weighted by atomic mass is 16.6. The largest absolute Gasteiger partial charge is 0.444 e. The SMILES string of the molecule is C=C1C[C@@H](C(=O)N[C@@H](CCC)C(OC)C(=O)NC2CC2)N(C(=O)[C@@H](NC(=O)O[C@H]2CCOC2)C(C)(C)C)C1.[HH].[HH].[HH]. The molecule has 0 aromatic carbocycles. The van der Waals surface area contributed by atoms with Crippen molar-refractivity contribution in [2.45, 2.75) is 103 Å². The summed E-state index contributed by atoms with van der Waals surface area (Å²) < 4.78 is 16.2. The molecule has 0 bridgehead atoms. The van der Waals surface area contributed by atoms with Gasteiger partial charge in [0.2, 0.25) is 11.8 Å². The van der Waals surface area contributed by atoms with Gasteiger partial charge in [0.25, 0.3) is 5.91 Å². The van der Waals surface area contributed by atoms with Gasteiger partial charge in [-0.3, -0.25) is 14.4 Å². The summed E-state index contributed by atoms with van der Waals surface area (Å²) in [6, 6.07) is -2.13. The number of hydrogen-bond acceptors (Lipinski definition) is 7. The smallest absolute Gasteiger partial charge is 0.408 e. The molecule has 11 heteroatoms. The lowest BCUT2D eigenvalue weighted by Crippen LogP contribution is -2.59. The van der Waals surface area contributed by atoms with Crippen molar-refractivity contribution in [3.05, 3.63) is 12.2 Å². The normalized spacial score (nSPS) is 23.9. The van der Waals surface area contributed by atoms with Gasteiger partial charge in [0.05, 0.1) is 19.3 Å². The molecular weight excluding hydrogens is 492 g/mol. The molecule has 0 aromatic rings. The van der Waals surface area contributed by atoms with E-state index in [1.165, 1.54) is 12.0 Å². The first-order valence-corrected chi connectivity index (χ1v) is 13.6. The number of hydrogen-bond donors (Lipinski definition) is 3. The van der Waals surface area contributed by atoms with Crippen LogP contribution < -0.4 is 16.0 Å². The number of ether oxygens (including phenoxy) is 3. The number of carbonyl (C=O) groups excluding carboxylic acids is 4. The molecule has 1 unspecified atom stereocenters. The Kier molecular flexibility index (Phi) is 10.2. The van der Waals surface area contributed by atoms with Gasteiger partial charge in [-0.05, 0) is 31.1 Å². The summed E-state index contributed by atoms with van der Waals surface area (Å²) in [5, 5.41) is 8.63. The zero-order valence-electron chi connectivity index (χ0n) is 23.3. The Balaban J connectivity index is 0.00000533. The number of rotatable bonds is 11. The van der Waals surface area contributed by atoms with Gasteiger partial charge in [-0.2, -0.15) is 0 Å². The minimum atomic E-state index is -0.930. The maximum absolute atomic E-state index is 13.8. The molecule has 0 radical (unpaired) electrons. The van der Waals surface area contributed by atoms with Crippen molar-refractivity contribution in [1.82, 2.24) is 20.9 Å².